The maximum Gasteiger partial charge on any atom is 0.245 e. The number of piperazine rings is 1. The van der Waals surface area contributed by atoms with Gasteiger partial charge in [0.15, 0.2) is 0 Å². The summed E-state index contributed by atoms with van der Waals surface area (Å²) in [6.45, 7) is 4.17. The normalized spacial score (nSPS) is 18.2. The number of carbonyl (C=O) groups is 1. The maximum atomic E-state index is 12.8. The van der Waals surface area contributed by atoms with Crippen LogP contribution < -0.4 is 10.6 Å². The highest BCUT2D eigenvalue weighted by Gasteiger charge is 2.34. The van der Waals surface area contributed by atoms with E-state index in [0.717, 1.165) is 48.4 Å². The van der Waals surface area contributed by atoms with Crippen molar-refractivity contribution in [1.29, 1.82) is 0 Å². The minimum Gasteiger partial charge on any atom is -0.342 e. The van der Waals surface area contributed by atoms with Gasteiger partial charge in [-0.2, -0.15) is 0 Å². The number of likely N-dealkylation sites (N-methyl/N-ethyl adjacent to an activating group) is 1. The molecule has 3 rings (SSSR count). The average Bonchev–Trinajstić information content (AvgIpc) is 2.62. The number of rotatable bonds is 6. The second kappa shape index (κ2) is 7.78. The number of nitrogens with zero attached hydrogens (tertiary/aromatic N) is 4. The van der Waals surface area contributed by atoms with E-state index in [0.29, 0.717) is 19.5 Å². The first-order valence-corrected chi connectivity index (χ1v) is 9.13. The Bertz CT molecular complexity index is 748. The second-order valence-corrected chi connectivity index (χ2v) is 6.63. The van der Waals surface area contributed by atoms with E-state index in [2.05, 4.69) is 16.8 Å². The number of anilines is 1. The molecule has 1 saturated heterocycles. The van der Waals surface area contributed by atoms with E-state index in [-0.39, 0.29) is 11.9 Å². The Morgan fingerprint density at radius 1 is 1.24 bits per heavy atom. The van der Waals surface area contributed by atoms with Crippen LogP contribution in [0.1, 0.15) is 32.0 Å². The summed E-state index contributed by atoms with van der Waals surface area (Å²) >= 11 is 0. The smallest absolute Gasteiger partial charge is 0.245 e. The van der Waals surface area contributed by atoms with Crippen LogP contribution in [-0.4, -0.2) is 53.5 Å². The van der Waals surface area contributed by atoms with Gasteiger partial charge in [-0.15, -0.1) is 0 Å². The van der Waals surface area contributed by atoms with E-state index in [9.17, 15) is 4.79 Å². The number of aromatic nitrogens is 2. The van der Waals surface area contributed by atoms with Crippen LogP contribution in [0.4, 0.5) is 5.82 Å². The van der Waals surface area contributed by atoms with Crippen molar-refractivity contribution in [3.05, 3.63) is 30.1 Å². The van der Waals surface area contributed by atoms with Crippen LogP contribution in [0.25, 0.3) is 10.9 Å². The van der Waals surface area contributed by atoms with Gasteiger partial charge in [-0.25, -0.2) is 9.97 Å². The average molecular weight is 341 g/mol. The number of unbranched alkanes of at least 4 members (excludes halogenated alkanes) is 1. The third kappa shape index (κ3) is 3.58. The summed E-state index contributed by atoms with van der Waals surface area (Å²) < 4.78 is 0. The summed E-state index contributed by atoms with van der Waals surface area (Å²) in [5.74, 6) is 1.80. The molecule has 1 aromatic heterocycles. The molecule has 1 atom stereocenters. The first-order valence-electron chi connectivity index (χ1n) is 9.13. The van der Waals surface area contributed by atoms with Crippen LogP contribution in [0.15, 0.2) is 24.3 Å². The van der Waals surface area contributed by atoms with Crippen LogP contribution in [0, 0.1) is 0 Å². The number of hydrogen-bond donors (Lipinski definition) is 1. The first-order chi connectivity index (χ1) is 12.2. The van der Waals surface area contributed by atoms with Gasteiger partial charge < -0.3 is 15.5 Å². The number of benzene rings is 1. The predicted octanol–water partition coefficient (Wildman–Crippen LogP) is 1.97. The summed E-state index contributed by atoms with van der Waals surface area (Å²) in [5, 5.41) is 1.00. The number of amides is 1. The monoisotopic (exact) mass is 341 g/mol. The highest BCUT2D eigenvalue weighted by molar-refractivity contribution is 5.93. The molecular weight excluding hydrogens is 314 g/mol. The van der Waals surface area contributed by atoms with Gasteiger partial charge in [-0.3, -0.25) is 4.79 Å². The quantitative estimate of drug-likeness (QED) is 0.869. The summed E-state index contributed by atoms with van der Waals surface area (Å²) in [7, 11) is 1.89. The van der Waals surface area contributed by atoms with Gasteiger partial charge >= 0.3 is 0 Å². The van der Waals surface area contributed by atoms with E-state index in [1.54, 1.807) is 0 Å². The van der Waals surface area contributed by atoms with Crippen LogP contribution in [-0.2, 0) is 11.2 Å². The van der Waals surface area contributed by atoms with Gasteiger partial charge in [0, 0.05) is 31.9 Å². The Morgan fingerprint density at radius 3 is 2.80 bits per heavy atom. The van der Waals surface area contributed by atoms with Gasteiger partial charge in [0.2, 0.25) is 5.91 Å². The molecule has 0 bridgehead atoms. The molecule has 1 aromatic carbocycles. The number of carbonyl (C=O) groups excluding carboxylic acids is 1. The molecule has 2 N–H and O–H groups in total. The summed E-state index contributed by atoms with van der Waals surface area (Å²) in [4.78, 5) is 26.2. The van der Waals surface area contributed by atoms with Crippen LogP contribution >= 0.6 is 0 Å². The SMILES string of the molecule is CCCC[C@@H]1C(=O)N(C)CCN1c1nc(CCN)nc2ccccc12. The van der Waals surface area contributed by atoms with Crippen LogP contribution in [0.2, 0.25) is 0 Å². The number of hydrogen-bond acceptors (Lipinski definition) is 5. The molecular formula is C19H27N5O. The highest BCUT2D eigenvalue weighted by atomic mass is 16.2. The van der Waals surface area contributed by atoms with Gasteiger partial charge in [0.25, 0.3) is 0 Å². The van der Waals surface area contributed by atoms with Crippen molar-refractivity contribution < 1.29 is 4.79 Å². The molecule has 25 heavy (non-hydrogen) atoms. The lowest BCUT2D eigenvalue weighted by molar-refractivity contribution is -0.133. The third-order valence-electron chi connectivity index (χ3n) is 4.81. The molecule has 0 spiro atoms. The lowest BCUT2D eigenvalue weighted by atomic mass is 10.0. The fourth-order valence-corrected chi connectivity index (χ4v) is 3.41. The zero-order valence-electron chi connectivity index (χ0n) is 15.1. The molecule has 0 unspecified atom stereocenters. The molecule has 2 aromatic rings. The molecule has 0 saturated carbocycles. The highest BCUT2D eigenvalue weighted by Crippen LogP contribution is 2.29. The van der Waals surface area contributed by atoms with Crippen molar-refractivity contribution in [3.63, 3.8) is 0 Å². The molecule has 0 aliphatic carbocycles. The molecule has 134 valence electrons. The van der Waals surface area contributed by atoms with Crippen molar-refractivity contribution in [2.45, 2.75) is 38.6 Å². The topological polar surface area (TPSA) is 75.4 Å². The van der Waals surface area contributed by atoms with Gasteiger partial charge in [0.05, 0.1) is 5.52 Å². The van der Waals surface area contributed by atoms with Crippen LogP contribution in [0.3, 0.4) is 0 Å². The Hall–Kier alpha value is -2.21. The minimum absolute atomic E-state index is 0.150. The molecule has 1 aliphatic rings. The molecule has 1 amide bonds. The van der Waals surface area contributed by atoms with E-state index >= 15 is 0 Å². The molecule has 1 aliphatic heterocycles. The summed E-state index contributed by atoms with van der Waals surface area (Å²) in [6, 6.07) is 7.87. The van der Waals surface area contributed by atoms with Gasteiger partial charge in [0.1, 0.15) is 17.7 Å². The van der Waals surface area contributed by atoms with Gasteiger partial charge in [-0.05, 0) is 25.1 Å². The Morgan fingerprint density at radius 2 is 2.04 bits per heavy atom. The minimum atomic E-state index is -0.150. The predicted molar refractivity (Wildman–Crippen MR) is 101 cm³/mol. The second-order valence-electron chi connectivity index (χ2n) is 6.63. The van der Waals surface area contributed by atoms with Crippen molar-refractivity contribution >= 4 is 22.6 Å². The van der Waals surface area contributed by atoms with Crippen molar-refractivity contribution in [3.8, 4) is 0 Å². The molecule has 6 heteroatoms. The van der Waals surface area contributed by atoms with E-state index in [1.165, 1.54) is 0 Å². The standard InChI is InChI=1S/C19H27N5O/c1-3-4-9-16-19(25)23(2)12-13-24(16)18-14-7-5-6-8-15(14)21-17(22-18)10-11-20/h5-8,16H,3-4,9-13,20H2,1-2H3/t16-/m1/s1. The van der Waals surface area contributed by atoms with E-state index in [4.69, 9.17) is 10.7 Å². The molecule has 1 fully saturated rings. The lowest BCUT2D eigenvalue weighted by Crippen LogP contribution is -2.56. The Balaban J connectivity index is 2.06. The molecule has 0 radical (unpaired) electrons. The fourth-order valence-electron chi connectivity index (χ4n) is 3.41. The molecule has 6 nitrogen and oxygen atoms in total. The Kier molecular flexibility index (Phi) is 5.48. The lowest BCUT2D eigenvalue weighted by Gasteiger charge is -2.40. The van der Waals surface area contributed by atoms with Crippen molar-refractivity contribution in [1.82, 2.24) is 14.9 Å². The maximum absolute atomic E-state index is 12.8. The first kappa shape index (κ1) is 17.6. The fraction of sp³-hybridized carbons (Fsp3) is 0.526. The van der Waals surface area contributed by atoms with Crippen molar-refractivity contribution in [2.75, 3.05) is 31.6 Å². The van der Waals surface area contributed by atoms with E-state index in [1.807, 2.05) is 36.2 Å². The number of nitrogens with two attached hydrogens (primary N) is 1. The third-order valence-corrected chi connectivity index (χ3v) is 4.81. The largest absolute Gasteiger partial charge is 0.342 e. The van der Waals surface area contributed by atoms with Crippen molar-refractivity contribution in [2.24, 2.45) is 5.73 Å². The number of para-hydroxylation sites is 1. The van der Waals surface area contributed by atoms with Gasteiger partial charge in [-0.1, -0.05) is 31.9 Å². The summed E-state index contributed by atoms with van der Waals surface area (Å²) in [5.41, 5.74) is 6.63. The van der Waals surface area contributed by atoms with Crippen LogP contribution in [0.5, 0.6) is 0 Å². The summed E-state index contributed by atoms with van der Waals surface area (Å²) in [6.07, 6.45) is 3.59. The number of fused-ring (bicyclic) bond motifs is 1. The zero-order chi connectivity index (χ0) is 17.8. The molecule has 2 heterocycles. The van der Waals surface area contributed by atoms with E-state index < -0.39 is 0 Å². The Labute approximate surface area is 149 Å². The zero-order valence-corrected chi connectivity index (χ0v) is 15.1.